The number of benzene rings is 2. The van der Waals surface area contributed by atoms with E-state index in [-0.39, 0.29) is 23.8 Å². The highest BCUT2D eigenvalue weighted by atomic mass is 32.2. The second-order valence-corrected chi connectivity index (χ2v) is 9.02. The van der Waals surface area contributed by atoms with E-state index in [1.54, 1.807) is 24.3 Å². The Bertz CT molecular complexity index is 1060. The molecule has 1 heterocycles. The molecule has 0 fully saturated rings. The van der Waals surface area contributed by atoms with E-state index in [0.29, 0.717) is 5.56 Å². The van der Waals surface area contributed by atoms with Gasteiger partial charge in [0, 0.05) is 12.8 Å². The van der Waals surface area contributed by atoms with Gasteiger partial charge in [-0.1, -0.05) is 42.5 Å². The minimum atomic E-state index is -3.97. The molecule has 1 amide bonds. The Kier molecular flexibility index (Phi) is 5.43. The van der Waals surface area contributed by atoms with Crippen molar-refractivity contribution >= 4 is 26.5 Å². The van der Waals surface area contributed by atoms with Crippen molar-refractivity contribution < 1.29 is 17.9 Å². The van der Waals surface area contributed by atoms with Crippen molar-refractivity contribution in [2.75, 3.05) is 25.6 Å². The van der Waals surface area contributed by atoms with Gasteiger partial charge >= 0.3 is 0 Å². The summed E-state index contributed by atoms with van der Waals surface area (Å²) in [5, 5.41) is 3.20. The number of amides is 1. The molecule has 0 radical (unpaired) electrons. The Labute approximate surface area is 171 Å². The van der Waals surface area contributed by atoms with Gasteiger partial charge in [0.05, 0.1) is 13.2 Å². The molecule has 0 unspecified atom stereocenters. The van der Waals surface area contributed by atoms with Crippen molar-refractivity contribution in [3.05, 3.63) is 70.9 Å². The number of anilines is 1. The number of nitrogens with one attached hydrogen (secondary N) is 1. The topological polar surface area (TPSA) is 75.7 Å². The van der Waals surface area contributed by atoms with Crippen LogP contribution in [0.15, 0.2) is 54.2 Å². The first-order valence-corrected chi connectivity index (χ1v) is 11.2. The summed E-state index contributed by atoms with van der Waals surface area (Å²) < 4.78 is 32.4. The van der Waals surface area contributed by atoms with E-state index in [4.69, 9.17) is 4.74 Å². The number of carbonyl (C=O) groups is 1. The van der Waals surface area contributed by atoms with Crippen LogP contribution in [0.4, 0.5) is 5.69 Å². The van der Waals surface area contributed by atoms with Gasteiger partial charge in [-0.05, 0) is 48.4 Å². The van der Waals surface area contributed by atoms with Crippen molar-refractivity contribution in [2.24, 2.45) is 0 Å². The molecular formula is C22H24N2O4S. The number of sulfonamides is 1. The summed E-state index contributed by atoms with van der Waals surface area (Å²) in [5.74, 6) is -0.547. The number of carbonyl (C=O) groups excluding carboxylic acids is 1. The summed E-state index contributed by atoms with van der Waals surface area (Å²) in [6.45, 7) is 0.118. The number of aryl methyl sites for hydroxylation is 1. The molecule has 1 N–H and O–H groups in total. The third-order valence-corrected chi connectivity index (χ3v) is 7.29. The molecule has 7 heteroatoms. The Morgan fingerprint density at radius 2 is 1.79 bits per heavy atom. The number of hydrogen-bond acceptors (Lipinski definition) is 5. The van der Waals surface area contributed by atoms with Crippen LogP contribution in [0.3, 0.4) is 0 Å². The molecule has 0 aromatic heterocycles. The summed E-state index contributed by atoms with van der Waals surface area (Å²) >= 11 is 0. The maximum Gasteiger partial charge on any atom is 0.285 e. The van der Waals surface area contributed by atoms with E-state index in [2.05, 4.69) is 11.4 Å². The van der Waals surface area contributed by atoms with Gasteiger partial charge in [0.15, 0.2) is 0 Å². The molecule has 0 bridgehead atoms. The molecule has 6 nitrogen and oxygen atoms in total. The molecule has 0 spiro atoms. The third kappa shape index (κ3) is 3.56. The number of hydrogen-bond donors (Lipinski definition) is 1. The molecule has 152 valence electrons. The van der Waals surface area contributed by atoms with E-state index in [1.165, 1.54) is 18.2 Å². The summed E-state index contributed by atoms with van der Waals surface area (Å²) in [5.41, 5.74) is 3.83. The largest absolute Gasteiger partial charge is 0.383 e. The van der Waals surface area contributed by atoms with Gasteiger partial charge in [0.2, 0.25) is 0 Å². The second-order valence-electron chi connectivity index (χ2n) is 7.22. The maximum atomic E-state index is 13.3. The first kappa shape index (κ1) is 19.7. The first-order valence-electron chi connectivity index (χ1n) is 9.77. The predicted molar refractivity (Wildman–Crippen MR) is 113 cm³/mol. The zero-order valence-electron chi connectivity index (χ0n) is 16.3. The fourth-order valence-corrected chi connectivity index (χ4v) is 5.67. The van der Waals surface area contributed by atoms with Crippen LogP contribution in [0, 0.1) is 0 Å². The SMILES string of the molecule is COCCN1C(=O)C(Nc2cccc3c2CCCC3)=C(c2ccccc2)S1(=O)=O. The highest BCUT2D eigenvalue weighted by molar-refractivity contribution is 7.99. The molecule has 0 saturated heterocycles. The van der Waals surface area contributed by atoms with Crippen LogP contribution < -0.4 is 5.32 Å². The Balaban J connectivity index is 1.82. The van der Waals surface area contributed by atoms with Crippen LogP contribution in [0.2, 0.25) is 0 Å². The Morgan fingerprint density at radius 1 is 1.03 bits per heavy atom. The van der Waals surface area contributed by atoms with Crippen LogP contribution in [0.25, 0.3) is 4.91 Å². The molecule has 1 aliphatic carbocycles. The van der Waals surface area contributed by atoms with Gasteiger partial charge < -0.3 is 10.1 Å². The van der Waals surface area contributed by atoms with Gasteiger partial charge in [-0.15, -0.1) is 0 Å². The van der Waals surface area contributed by atoms with Crippen molar-refractivity contribution in [1.82, 2.24) is 4.31 Å². The third-order valence-electron chi connectivity index (χ3n) is 5.41. The highest BCUT2D eigenvalue weighted by Gasteiger charge is 2.44. The quantitative estimate of drug-likeness (QED) is 0.789. The summed E-state index contributed by atoms with van der Waals surface area (Å²) in [6.07, 6.45) is 4.15. The van der Waals surface area contributed by atoms with Crippen LogP contribution in [-0.2, 0) is 32.4 Å². The first-order chi connectivity index (χ1) is 14.0. The number of rotatable bonds is 6. The molecule has 1 aliphatic heterocycles. The fourth-order valence-electron chi connectivity index (χ4n) is 3.99. The van der Waals surface area contributed by atoms with Crippen LogP contribution in [0.5, 0.6) is 0 Å². The summed E-state index contributed by atoms with van der Waals surface area (Å²) in [6, 6.07) is 14.7. The van der Waals surface area contributed by atoms with Gasteiger partial charge in [-0.25, -0.2) is 12.7 Å². The standard InChI is InChI=1S/C22H24N2O4S/c1-28-15-14-24-22(25)20(21(29(24,26)27)17-9-3-2-4-10-17)23-19-13-7-11-16-8-5-6-12-18(16)19/h2-4,7,9-11,13,23H,5-6,8,12,14-15H2,1H3. The molecule has 0 saturated carbocycles. The molecule has 4 rings (SSSR count). The minimum Gasteiger partial charge on any atom is -0.383 e. The van der Waals surface area contributed by atoms with Crippen molar-refractivity contribution in [2.45, 2.75) is 25.7 Å². The monoisotopic (exact) mass is 412 g/mol. The lowest BCUT2D eigenvalue weighted by Gasteiger charge is -2.20. The average molecular weight is 413 g/mol. The van der Waals surface area contributed by atoms with Gasteiger partial charge in [-0.3, -0.25) is 4.79 Å². The van der Waals surface area contributed by atoms with E-state index < -0.39 is 15.9 Å². The smallest absolute Gasteiger partial charge is 0.285 e. The van der Waals surface area contributed by atoms with Crippen LogP contribution >= 0.6 is 0 Å². The molecular weight excluding hydrogens is 388 g/mol. The number of nitrogens with zero attached hydrogens (tertiary/aromatic N) is 1. The van der Waals surface area contributed by atoms with Gasteiger partial charge in [-0.2, -0.15) is 0 Å². The average Bonchev–Trinajstić information content (AvgIpc) is 2.92. The van der Waals surface area contributed by atoms with Crippen molar-refractivity contribution in [3.8, 4) is 0 Å². The van der Waals surface area contributed by atoms with E-state index in [0.717, 1.165) is 35.7 Å². The lowest BCUT2D eigenvalue weighted by molar-refractivity contribution is -0.122. The molecule has 29 heavy (non-hydrogen) atoms. The maximum absolute atomic E-state index is 13.3. The van der Waals surface area contributed by atoms with E-state index in [9.17, 15) is 13.2 Å². The van der Waals surface area contributed by atoms with Gasteiger partial charge in [0.25, 0.3) is 15.9 Å². The molecule has 2 aromatic rings. The van der Waals surface area contributed by atoms with Crippen LogP contribution in [-0.4, -0.2) is 38.9 Å². The van der Waals surface area contributed by atoms with Crippen LogP contribution in [0.1, 0.15) is 29.5 Å². The normalized spacial score (nSPS) is 18.1. The second kappa shape index (κ2) is 8.00. The summed E-state index contributed by atoms with van der Waals surface area (Å²) in [4.78, 5) is 13.2. The molecule has 2 aromatic carbocycles. The molecule has 0 atom stereocenters. The lowest BCUT2D eigenvalue weighted by atomic mass is 9.90. The lowest BCUT2D eigenvalue weighted by Crippen LogP contribution is -2.35. The zero-order valence-corrected chi connectivity index (χ0v) is 17.2. The Hall–Kier alpha value is -2.64. The van der Waals surface area contributed by atoms with Crippen molar-refractivity contribution in [1.29, 1.82) is 0 Å². The van der Waals surface area contributed by atoms with Crippen molar-refractivity contribution in [3.63, 3.8) is 0 Å². The Morgan fingerprint density at radius 3 is 2.55 bits per heavy atom. The molecule has 2 aliphatic rings. The van der Waals surface area contributed by atoms with Gasteiger partial charge in [0.1, 0.15) is 10.6 Å². The highest BCUT2D eigenvalue weighted by Crippen LogP contribution is 2.37. The van der Waals surface area contributed by atoms with E-state index in [1.807, 2.05) is 18.2 Å². The predicted octanol–water partition coefficient (Wildman–Crippen LogP) is 3.16. The van der Waals surface area contributed by atoms with E-state index >= 15 is 0 Å². The number of ether oxygens (including phenoxy) is 1. The number of fused-ring (bicyclic) bond motifs is 1. The minimum absolute atomic E-state index is 0.0209. The zero-order chi connectivity index (χ0) is 20.4. The summed E-state index contributed by atoms with van der Waals surface area (Å²) in [7, 11) is -2.49. The number of methoxy groups -OCH3 is 1. The fraction of sp³-hybridized carbons (Fsp3) is 0.318.